The fraction of sp³-hybridized carbons (Fsp3) is 0.400. The third kappa shape index (κ3) is 2.98. The number of aromatic nitrogens is 1. The molecule has 0 bridgehead atoms. The van der Waals surface area contributed by atoms with Gasteiger partial charge >= 0.3 is 0 Å². The van der Waals surface area contributed by atoms with Gasteiger partial charge in [-0.25, -0.2) is 0 Å². The highest BCUT2D eigenvalue weighted by Gasteiger charge is 2.14. The molecule has 1 unspecified atom stereocenters. The Balaban J connectivity index is 2.26. The lowest BCUT2D eigenvalue weighted by Crippen LogP contribution is -2.23. The van der Waals surface area contributed by atoms with Gasteiger partial charge in [0.15, 0.2) is 0 Å². The lowest BCUT2D eigenvalue weighted by Gasteiger charge is -2.20. The molecular formula is C15H20N2S. The number of rotatable bonds is 5. The first-order valence-electron chi connectivity index (χ1n) is 6.39. The van der Waals surface area contributed by atoms with Crippen LogP contribution >= 0.6 is 11.3 Å². The SMILES string of the molecule is CCNC(Cc1cncs1)c1cccc(C)c1C. The number of hydrogen-bond donors (Lipinski definition) is 1. The summed E-state index contributed by atoms with van der Waals surface area (Å²) in [7, 11) is 0. The van der Waals surface area contributed by atoms with Crippen LogP contribution in [0.1, 0.15) is 34.5 Å². The first-order valence-corrected chi connectivity index (χ1v) is 7.27. The van der Waals surface area contributed by atoms with Crippen molar-refractivity contribution >= 4 is 11.3 Å². The molecule has 0 saturated carbocycles. The van der Waals surface area contributed by atoms with Gasteiger partial charge in [-0.05, 0) is 37.1 Å². The van der Waals surface area contributed by atoms with Crippen LogP contribution in [0.2, 0.25) is 0 Å². The van der Waals surface area contributed by atoms with Gasteiger partial charge in [-0.15, -0.1) is 11.3 Å². The van der Waals surface area contributed by atoms with Crippen molar-refractivity contribution < 1.29 is 0 Å². The summed E-state index contributed by atoms with van der Waals surface area (Å²) in [5.74, 6) is 0. The van der Waals surface area contributed by atoms with Gasteiger partial charge in [-0.2, -0.15) is 0 Å². The van der Waals surface area contributed by atoms with E-state index < -0.39 is 0 Å². The van der Waals surface area contributed by atoms with Crippen molar-refractivity contribution in [3.63, 3.8) is 0 Å². The summed E-state index contributed by atoms with van der Waals surface area (Å²) in [6.07, 6.45) is 2.99. The Bertz CT molecular complexity index is 491. The van der Waals surface area contributed by atoms with Gasteiger partial charge in [0, 0.05) is 23.5 Å². The van der Waals surface area contributed by atoms with Gasteiger partial charge in [0.25, 0.3) is 0 Å². The van der Waals surface area contributed by atoms with Crippen molar-refractivity contribution in [3.8, 4) is 0 Å². The van der Waals surface area contributed by atoms with Crippen LogP contribution in [0.4, 0.5) is 0 Å². The van der Waals surface area contributed by atoms with Crippen LogP contribution in [0.25, 0.3) is 0 Å². The second kappa shape index (κ2) is 6.12. The molecule has 1 aromatic carbocycles. The van der Waals surface area contributed by atoms with Gasteiger partial charge in [-0.1, -0.05) is 25.1 Å². The highest BCUT2D eigenvalue weighted by atomic mass is 32.1. The predicted octanol–water partition coefficient (Wildman–Crippen LogP) is 3.65. The van der Waals surface area contributed by atoms with E-state index in [1.54, 1.807) is 11.3 Å². The van der Waals surface area contributed by atoms with Gasteiger partial charge < -0.3 is 5.32 Å². The van der Waals surface area contributed by atoms with Crippen LogP contribution < -0.4 is 5.32 Å². The van der Waals surface area contributed by atoms with Crippen LogP contribution in [0.5, 0.6) is 0 Å². The molecule has 1 aromatic heterocycles. The second-order valence-electron chi connectivity index (χ2n) is 4.57. The molecule has 2 rings (SSSR count). The summed E-state index contributed by atoms with van der Waals surface area (Å²) < 4.78 is 0. The highest BCUT2D eigenvalue weighted by Crippen LogP contribution is 2.24. The summed E-state index contributed by atoms with van der Waals surface area (Å²) in [4.78, 5) is 5.49. The molecular weight excluding hydrogens is 240 g/mol. The molecule has 0 amide bonds. The molecule has 0 aliphatic heterocycles. The molecule has 18 heavy (non-hydrogen) atoms. The van der Waals surface area contributed by atoms with Crippen molar-refractivity contribution in [2.75, 3.05) is 6.54 Å². The second-order valence-corrected chi connectivity index (χ2v) is 5.54. The van der Waals surface area contributed by atoms with E-state index in [0.29, 0.717) is 6.04 Å². The van der Waals surface area contributed by atoms with E-state index in [4.69, 9.17) is 0 Å². The van der Waals surface area contributed by atoms with E-state index in [1.807, 2.05) is 11.7 Å². The maximum Gasteiger partial charge on any atom is 0.0794 e. The monoisotopic (exact) mass is 260 g/mol. The van der Waals surface area contributed by atoms with E-state index in [0.717, 1.165) is 13.0 Å². The largest absolute Gasteiger partial charge is 0.310 e. The number of nitrogens with zero attached hydrogens (tertiary/aromatic N) is 1. The number of nitrogens with one attached hydrogen (secondary N) is 1. The summed E-state index contributed by atoms with van der Waals surface area (Å²) in [6, 6.07) is 6.94. The molecule has 0 spiro atoms. The topological polar surface area (TPSA) is 24.9 Å². The first kappa shape index (κ1) is 13.2. The van der Waals surface area contributed by atoms with Gasteiger partial charge in [0.05, 0.1) is 5.51 Å². The number of likely N-dealkylation sites (N-methyl/N-ethyl adjacent to an activating group) is 1. The Hall–Kier alpha value is -1.19. The molecule has 0 aliphatic rings. The minimum Gasteiger partial charge on any atom is -0.310 e. The molecule has 0 fully saturated rings. The quantitative estimate of drug-likeness (QED) is 0.887. The molecule has 2 aromatic rings. The number of hydrogen-bond acceptors (Lipinski definition) is 3. The zero-order valence-electron chi connectivity index (χ0n) is 11.2. The van der Waals surface area contributed by atoms with E-state index in [2.05, 4.69) is 49.3 Å². The standard InChI is InChI=1S/C15H20N2S/c1-4-17-15(8-13-9-16-10-18-13)14-7-5-6-11(2)12(14)3/h5-7,9-10,15,17H,4,8H2,1-3H3. The van der Waals surface area contributed by atoms with E-state index in [-0.39, 0.29) is 0 Å². The Morgan fingerprint density at radius 3 is 2.83 bits per heavy atom. The number of thiazole rings is 1. The van der Waals surface area contributed by atoms with Crippen LogP contribution in [-0.2, 0) is 6.42 Å². The fourth-order valence-electron chi connectivity index (χ4n) is 2.23. The highest BCUT2D eigenvalue weighted by molar-refractivity contribution is 7.09. The molecule has 1 heterocycles. The average molecular weight is 260 g/mol. The summed E-state index contributed by atoms with van der Waals surface area (Å²) >= 11 is 1.73. The van der Waals surface area contributed by atoms with Crippen LogP contribution in [0, 0.1) is 13.8 Å². The normalized spacial score (nSPS) is 12.6. The molecule has 0 radical (unpaired) electrons. The zero-order chi connectivity index (χ0) is 13.0. The Morgan fingerprint density at radius 1 is 1.33 bits per heavy atom. The fourth-order valence-corrected chi connectivity index (χ4v) is 2.88. The summed E-state index contributed by atoms with van der Waals surface area (Å²) in [6.45, 7) is 7.53. The molecule has 1 N–H and O–H groups in total. The molecule has 2 nitrogen and oxygen atoms in total. The van der Waals surface area contributed by atoms with Crippen LogP contribution in [0.15, 0.2) is 29.9 Å². The third-order valence-corrected chi connectivity index (χ3v) is 4.16. The maximum absolute atomic E-state index is 4.16. The van der Waals surface area contributed by atoms with E-state index >= 15 is 0 Å². The third-order valence-electron chi connectivity index (χ3n) is 3.36. The lowest BCUT2D eigenvalue weighted by molar-refractivity contribution is 0.550. The van der Waals surface area contributed by atoms with Crippen molar-refractivity contribution in [3.05, 3.63) is 51.5 Å². The first-order chi connectivity index (χ1) is 8.72. The average Bonchev–Trinajstić information content (AvgIpc) is 2.85. The smallest absolute Gasteiger partial charge is 0.0794 e. The minimum absolute atomic E-state index is 0.385. The van der Waals surface area contributed by atoms with Crippen molar-refractivity contribution in [2.45, 2.75) is 33.2 Å². The van der Waals surface area contributed by atoms with Gasteiger partial charge in [0.1, 0.15) is 0 Å². The number of aryl methyl sites for hydroxylation is 1. The Morgan fingerprint density at radius 2 is 2.17 bits per heavy atom. The summed E-state index contributed by atoms with van der Waals surface area (Å²) in [5, 5.41) is 3.58. The van der Waals surface area contributed by atoms with Gasteiger partial charge in [-0.3, -0.25) is 4.98 Å². The Labute approximate surface area is 113 Å². The summed E-state index contributed by atoms with van der Waals surface area (Å²) in [5.41, 5.74) is 6.07. The molecule has 1 atom stereocenters. The number of benzene rings is 1. The minimum atomic E-state index is 0.385. The Kier molecular flexibility index (Phi) is 4.50. The van der Waals surface area contributed by atoms with Crippen molar-refractivity contribution in [2.24, 2.45) is 0 Å². The van der Waals surface area contributed by atoms with Crippen molar-refractivity contribution in [1.82, 2.24) is 10.3 Å². The molecule has 3 heteroatoms. The zero-order valence-corrected chi connectivity index (χ0v) is 12.1. The lowest BCUT2D eigenvalue weighted by atomic mass is 9.95. The van der Waals surface area contributed by atoms with E-state index in [9.17, 15) is 0 Å². The maximum atomic E-state index is 4.16. The van der Waals surface area contributed by atoms with Crippen LogP contribution in [-0.4, -0.2) is 11.5 Å². The predicted molar refractivity (Wildman–Crippen MR) is 78.2 cm³/mol. The van der Waals surface area contributed by atoms with Crippen LogP contribution in [0.3, 0.4) is 0 Å². The molecule has 0 saturated heterocycles. The van der Waals surface area contributed by atoms with Gasteiger partial charge in [0.2, 0.25) is 0 Å². The van der Waals surface area contributed by atoms with Crippen molar-refractivity contribution in [1.29, 1.82) is 0 Å². The molecule has 96 valence electrons. The molecule has 0 aliphatic carbocycles. The van der Waals surface area contributed by atoms with E-state index in [1.165, 1.54) is 21.6 Å².